The molecule has 0 radical (unpaired) electrons. The van der Waals surface area contributed by atoms with Crippen molar-refractivity contribution in [1.29, 1.82) is 0 Å². The van der Waals surface area contributed by atoms with E-state index < -0.39 is 5.97 Å². The Morgan fingerprint density at radius 2 is 2.04 bits per heavy atom. The van der Waals surface area contributed by atoms with Crippen molar-refractivity contribution in [2.24, 2.45) is 17.8 Å². The Kier molecular flexibility index (Phi) is 5.24. The van der Waals surface area contributed by atoms with Crippen molar-refractivity contribution in [2.75, 3.05) is 6.61 Å². The van der Waals surface area contributed by atoms with E-state index in [9.17, 15) is 15.0 Å². The fourth-order valence-corrected chi connectivity index (χ4v) is 4.43. The largest absolute Gasteiger partial charge is 0.479 e. The lowest BCUT2D eigenvalue weighted by atomic mass is 9.83. The second-order valence-corrected chi connectivity index (χ2v) is 7.24. The number of carboxylic acids is 1. The summed E-state index contributed by atoms with van der Waals surface area (Å²) in [5, 5.41) is 29.2. The maximum atomic E-state index is 10.4. The van der Waals surface area contributed by atoms with Crippen molar-refractivity contribution < 1.29 is 25.0 Å². The number of aliphatic hydroxyl groups excluding tert-OH is 2. The molecule has 6 nitrogen and oxygen atoms in total. The van der Waals surface area contributed by atoms with Crippen LogP contribution in [0.2, 0.25) is 0 Å². The van der Waals surface area contributed by atoms with Crippen molar-refractivity contribution in [3.05, 3.63) is 11.3 Å². The van der Waals surface area contributed by atoms with Crippen LogP contribution in [0.5, 0.6) is 0 Å². The van der Waals surface area contributed by atoms with Crippen LogP contribution in [0.4, 0.5) is 0 Å². The van der Waals surface area contributed by atoms with Gasteiger partial charge in [0.15, 0.2) is 6.61 Å². The van der Waals surface area contributed by atoms with E-state index in [0.29, 0.717) is 5.92 Å². The van der Waals surface area contributed by atoms with Gasteiger partial charge in [0.1, 0.15) is 0 Å². The van der Waals surface area contributed by atoms with Gasteiger partial charge in [0.2, 0.25) is 0 Å². The zero-order valence-electron chi connectivity index (χ0n) is 13.4. The van der Waals surface area contributed by atoms with Gasteiger partial charge in [0, 0.05) is 11.6 Å². The Balaban J connectivity index is 1.45. The van der Waals surface area contributed by atoms with Crippen LogP contribution in [0.25, 0.3) is 0 Å². The summed E-state index contributed by atoms with van der Waals surface area (Å²) in [4.78, 5) is 15.3. The minimum absolute atomic E-state index is 0.180. The third-order valence-corrected chi connectivity index (χ3v) is 5.80. The van der Waals surface area contributed by atoms with Crippen LogP contribution in [-0.2, 0) is 9.63 Å². The summed E-state index contributed by atoms with van der Waals surface area (Å²) < 4.78 is 0. The van der Waals surface area contributed by atoms with Gasteiger partial charge in [-0.05, 0) is 55.9 Å². The molecule has 0 spiro atoms. The predicted octanol–water partition coefficient (Wildman–Crippen LogP) is 1.58. The second-order valence-electron chi connectivity index (χ2n) is 7.24. The molecule has 4 N–H and O–H groups in total. The predicted molar refractivity (Wildman–Crippen MR) is 83.2 cm³/mol. The number of fused-ring (bicyclic) bond motifs is 1. The normalized spacial score (nSPS) is 31.8. The first-order chi connectivity index (χ1) is 11.1. The van der Waals surface area contributed by atoms with E-state index in [1.807, 2.05) is 0 Å². The molecule has 0 amide bonds. The third kappa shape index (κ3) is 3.70. The van der Waals surface area contributed by atoms with Crippen LogP contribution in [0.15, 0.2) is 11.3 Å². The van der Waals surface area contributed by atoms with Gasteiger partial charge < -0.3 is 15.3 Å². The number of rotatable bonds is 8. The molecule has 6 heteroatoms. The van der Waals surface area contributed by atoms with Crippen molar-refractivity contribution in [2.45, 2.75) is 63.6 Å². The first-order valence-electron chi connectivity index (χ1n) is 8.74. The smallest absolute Gasteiger partial charge is 0.332 e. The van der Waals surface area contributed by atoms with E-state index in [4.69, 9.17) is 9.94 Å². The van der Waals surface area contributed by atoms with Crippen LogP contribution in [0.3, 0.4) is 0 Å². The van der Waals surface area contributed by atoms with Gasteiger partial charge in [0.25, 0.3) is 0 Å². The van der Waals surface area contributed by atoms with Crippen molar-refractivity contribution in [1.82, 2.24) is 5.48 Å². The lowest BCUT2D eigenvalue weighted by Crippen LogP contribution is -2.33. The summed E-state index contributed by atoms with van der Waals surface area (Å²) >= 11 is 0. The van der Waals surface area contributed by atoms with Crippen LogP contribution in [0, 0.1) is 17.8 Å². The van der Waals surface area contributed by atoms with E-state index in [2.05, 4.69) is 5.48 Å². The fraction of sp³-hybridized carbons (Fsp3) is 0.824. The highest BCUT2D eigenvalue weighted by atomic mass is 16.7. The number of aliphatic hydroxyl groups is 2. The lowest BCUT2D eigenvalue weighted by molar-refractivity contribution is -0.144. The second kappa shape index (κ2) is 7.20. The zero-order chi connectivity index (χ0) is 16.4. The Bertz CT molecular complexity index is 472. The van der Waals surface area contributed by atoms with Crippen molar-refractivity contribution >= 4 is 5.97 Å². The molecule has 0 aromatic carbocycles. The maximum Gasteiger partial charge on any atom is 0.332 e. The number of hydroxylamine groups is 1. The lowest BCUT2D eigenvalue weighted by Gasteiger charge is -2.30. The van der Waals surface area contributed by atoms with E-state index >= 15 is 0 Å². The molecule has 0 aliphatic heterocycles. The molecule has 3 aliphatic carbocycles. The van der Waals surface area contributed by atoms with Crippen LogP contribution >= 0.6 is 0 Å². The van der Waals surface area contributed by atoms with Gasteiger partial charge in [-0.1, -0.05) is 12.8 Å². The molecule has 0 saturated heterocycles. The highest BCUT2D eigenvalue weighted by Crippen LogP contribution is 2.49. The highest BCUT2D eigenvalue weighted by molar-refractivity contribution is 5.67. The molecule has 3 rings (SSSR count). The average molecular weight is 325 g/mol. The first-order valence-corrected chi connectivity index (χ1v) is 8.74. The number of aliphatic carboxylic acids is 1. The van der Waals surface area contributed by atoms with Gasteiger partial charge in [-0.2, -0.15) is 0 Å². The third-order valence-electron chi connectivity index (χ3n) is 5.80. The van der Waals surface area contributed by atoms with Gasteiger partial charge in [-0.3, -0.25) is 10.3 Å². The SMILES string of the molecule is O=C(O)CONC1=C2CC(CCC(O)C3CCCC3)C(O)C2C1. The molecule has 0 heterocycles. The number of carboxylic acid groups (broad SMARTS) is 1. The average Bonchev–Trinajstić information content (AvgIpc) is 3.10. The van der Waals surface area contributed by atoms with E-state index in [0.717, 1.165) is 44.2 Å². The number of hydrogen-bond donors (Lipinski definition) is 4. The molecule has 130 valence electrons. The Morgan fingerprint density at radius 1 is 1.30 bits per heavy atom. The Morgan fingerprint density at radius 3 is 2.74 bits per heavy atom. The maximum absolute atomic E-state index is 10.4. The van der Waals surface area contributed by atoms with Crippen molar-refractivity contribution in [3.63, 3.8) is 0 Å². The van der Waals surface area contributed by atoms with E-state index in [-0.39, 0.29) is 30.7 Å². The zero-order valence-corrected chi connectivity index (χ0v) is 13.4. The summed E-state index contributed by atoms with van der Waals surface area (Å²) in [5.74, 6) is -0.181. The summed E-state index contributed by atoms with van der Waals surface area (Å²) in [5.41, 5.74) is 4.81. The summed E-state index contributed by atoms with van der Waals surface area (Å²) in [6.45, 7) is -0.374. The van der Waals surface area contributed by atoms with Gasteiger partial charge in [0.05, 0.1) is 12.2 Å². The van der Waals surface area contributed by atoms with Crippen molar-refractivity contribution in [3.8, 4) is 0 Å². The molecule has 0 aromatic heterocycles. The molecule has 2 fully saturated rings. The standard InChI is InChI=1S/C17H27NO5/c19-15(10-3-1-2-4-10)6-5-11-7-12-13(17(11)22)8-14(12)18-23-9-16(20)21/h10-11,13,15,17-19,22H,1-9H2,(H,20,21). The molecule has 23 heavy (non-hydrogen) atoms. The molecule has 0 aromatic rings. The Hall–Kier alpha value is -1.11. The molecular formula is C17H27NO5. The number of hydrogen-bond acceptors (Lipinski definition) is 5. The summed E-state index contributed by atoms with van der Waals surface area (Å²) in [7, 11) is 0. The van der Waals surface area contributed by atoms with Gasteiger partial charge in [-0.25, -0.2) is 4.79 Å². The molecule has 4 atom stereocenters. The van der Waals surface area contributed by atoms with Gasteiger partial charge >= 0.3 is 5.97 Å². The van der Waals surface area contributed by atoms with E-state index in [1.54, 1.807) is 0 Å². The van der Waals surface area contributed by atoms with Crippen LogP contribution in [0.1, 0.15) is 51.4 Å². The van der Waals surface area contributed by atoms with Crippen LogP contribution < -0.4 is 5.48 Å². The minimum atomic E-state index is -1.01. The Labute approximate surface area is 136 Å². The summed E-state index contributed by atoms with van der Waals surface area (Å²) in [6, 6.07) is 0. The number of carbonyl (C=O) groups is 1. The number of allylic oxidation sites excluding steroid dienone is 1. The molecule has 2 saturated carbocycles. The minimum Gasteiger partial charge on any atom is -0.479 e. The fourth-order valence-electron chi connectivity index (χ4n) is 4.43. The number of nitrogens with one attached hydrogen (secondary N) is 1. The van der Waals surface area contributed by atoms with Crippen LogP contribution in [-0.4, -0.2) is 40.1 Å². The topological polar surface area (TPSA) is 99.0 Å². The first kappa shape index (κ1) is 16.7. The molecule has 3 aliphatic rings. The highest BCUT2D eigenvalue weighted by Gasteiger charge is 2.45. The van der Waals surface area contributed by atoms with E-state index in [1.165, 1.54) is 18.4 Å². The molecular weight excluding hydrogens is 298 g/mol. The molecule has 0 bridgehead atoms. The quantitative estimate of drug-likeness (QED) is 0.506. The van der Waals surface area contributed by atoms with Gasteiger partial charge in [-0.15, -0.1) is 0 Å². The monoisotopic (exact) mass is 325 g/mol. The molecule has 4 unspecified atom stereocenters. The summed E-state index contributed by atoms with van der Waals surface area (Å²) in [6.07, 6.45) is 7.32.